The van der Waals surface area contributed by atoms with E-state index in [4.69, 9.17) is 0 Å². The molecule has 0 bridgehead atoms. The van der Waals surface area contributed by atoms with E-state index in [1.807, 2.05) is 18.7 Å². The molecule has 0 unspecified atom stereocenters. The summed E-state index contributed by atoms with van der Waals surface area (Å²) in [4.78, 5) is 50.1. The first-order chi connectivity index (χ1) is 17.2. The van der Waals surface area contributed by atoms with Crippen LogP contribution in [0.2, 0.25) is 0 Å². The van der Waals surface area contributed by atoms with Crippen molar-refractivity contribution in [1.29, 1.82) is 0 Å². The molecule has 1 fully saturated rings. The van der Waals surface area contributed by atoms with Gasteiger partial charge in [-0.1, -0.05) is 0 Å². The number of non-ortho nitro benzene ring substituents is 2. The summed E-state index contributed by atoms with van der Waals surface area (Å²) in [5.74, 6) is -0.673. The van der Waals surface area contributed by atoms with E-state index >= 15 is 0 Å². The van der Waals surface area contributed by atoms with Crippen LogP contribution in [0.4, 0.5) is 17.1 Å². The Kier molecular flexibility index (Phi) is 8.66. The van der Waals surface area contributed by atoms with Gasteiger partial charge in [0.25, 0.3) is 17.3 Å². The van der Waals surface area contributed by atoms with Crippen LogP contribution in [-0.4, -0.2) is 59.0 Å². The first kappa shape index (κ1) is 26.3. The number of nitrogens with zero attached hydrogens (tertiary/aromatic N) is 5. The van der Waals surface area contributed by atoms with Gasteiger partial charge in [-0.25, -0.2) is 5.43 Å². The van der Waals surface area contributed by atoms with Crippen LogP contribution in [0.1, 0.15) is 42.6 Å². The van der Waals surface area contributed by atoms with Crippen LogP contribution < -0.4 is 10.3 Å². The average molecular weight is 497 g/mol. The summed E-state index contributed by atoms with van der Waals surface area (Å²) in [6, 6.07) is 9.44. The van der Waals surface area contributed by atoms with Crippen LogP contribution in [0.5, 0.6) is 0 Å². The largest absolute Gasteiger partial charge is 0.370 e. The molecule has 12 heteroatoms. The predicted molar refractivity (Wildman–Crippen MR) is 134 cm³/mol. The number of hydrogen-bond donors (Lipinski definition) is 1. The third-order valence-electron chi connectivity index (χ3n) is 6.12. The fourth-order valence-corrected chi connectivity index (χ4v) is 4.20. The molecular formula is C24H28N6O6. The Morgan fingerprint density at radius 1 is 1.08 bits per heavy atom. The molecule has 12 nitrogen and oxygen atoms in total. The van der Waals surface area contributed by atoms with Crippen molar-refractivity contribution in [2.45, 2.75) is 26.7 Å². The number of rotatable bonds is 9. The molecule has 3 rings (SSSR count). The highest BCUT2D eigenvalue weighted by Gasteiger charge is 2.29. The summed E-state index contributed by atoms with van der Waals surface area (Å²) < 4.78 is 0. The van der Waals surface area contributed by atoms with Crippen molar-refractivity contribution in [3.05, 3.63) is 73.8 Å². The van der Waals surface area contributed by atoms with Gasteiger partial charge in [-0.2, -0.15) is 5.10 Å². The van der Waals surface area contributed by atoms with Crippen molar-refractivity contribution in [2.24, 2.45) is 11.0 Å². The number of carbonyl (C=O) groups excluding carboxylic acids is 2. The maximum absolute atomic E-state index is 12.9. The molecule has 0 radical (unpaired) electrons. The molecule has 1 aliphatic rings. The van der Waals surface area contributed by atoms with Crippen molar-refractivity contribution in [3.8, 4) is 0 Å². The Morgan fingerprint density at radius 3 is 2.33 bits per heavy atom. The SMILES string of the molecule is CCN(CC)C(=O)[C@H]1CCCN(c2ccc([N+](=O)[O-])cc2C=NNC(=O)c2ccc([N+](=O)[O-])cc2)C1. The molecule has 0 saturated carbocycles. The van der Waals surface area contributed by atoms with Gasteiger partial charge in [0.1, 0.15) is 0 Å². The molecule has 1 atom stereocenters. The number of benzene rings is 2. The fourth-order valence-electron chi connectivity index (χ4n) is 4.20. The van der Waals surface area contributed by atoms with E-state index in [1.54, 1.807) is 11.0 Å². The van der Waals surface area contributed by atoms with Crippen molar-refractivity contribution in [1.82, 2.24) is 10.3 Å². The highest BCUT2D eigenvalue weighted by molar-refractivity contribution is 5.96. The van der Waals surface area contributed by atoms with Gasteiger partial charge in [-0.05, 0) is 44.9 Å². The quantitative estimate of drug-likeness (QED) is 0.317. The van der Waals surface area contributed by atoms with Crippen LogP contribution in [0.3, 0.4) is 0 Å². The maximum atomic E-state index is 12.9. The number of nitro groups is 2. The molecule has 1 saturated heterocycles. The van der Waals surface area contributed by atoms with Crippen LogP contribution >= 0.6 is 0 Å². The van der Waals surface area contributed by atoms with Gasteiger partial charge in [-0.3, -0.25) is 29.8 Å². The molecule has 0 spiro atoms. The van der Waals surface area contributed by atoms with Crippen LogP contribution in [0.15, 0.2) is 47.6 Å². The first-order valence-corrected chi connectivity index (χ1v) is 11.6. The van der Waals surface area contributed by atoms with Gasteiger partial charge >= 0.3 is 0 Å². The highest BCUT2D eigenvalue weighted by atomic mass is 16.6. The van der Waals surface area contributed by atoms with Crippen molar-refractivity contribution in [3.63, 3.8) is 0 Å². The van der Waals surface area contributed by atoms with Gasteiger partial charge < -0.3 is 9.80 Å². The minimum absolute atomic E-state index is 0.0946. The Labute approximate surface area is 207 Å². The smallest absolute Gasteiger partial charge is 0.271 e. The number of amides is 2. The number of anilines is 1. The average Bonchev–Trinajstić information content (AvgIpc) is 2.89. The van der Waals surface area contributed by atoms with E-state index in [0.29, 0.717) is 37.4 Å². The first-order valence-electron chi connectivity index (χ1n) is 11.6. The lowest BCUT2D eigenvalue weighted by Gasteiger charge is -2.36. The molecule has 1 aliphatic heterocycles. The molecule has 2 aromatic rings. The molecule has 36 heavy (non-hydrogen) atoms. The van der Waals surface area contributed by atoms with Gasteiger partial charge in [0.2, 0.25) is 5.91 Å². The van der Waals surface area contributed by atoms with Crippen LogP contribution in [-0.2, 0) is 4.79 Å². The third kappa shape index (κ3) is 6.20. The highest BCUT2D eigenvalue weighted by Crippen LogP contribution is 2.29. The van der Waals surface area contributed by atoms with Crippen molar-refractivity contribution in [2.75, 3.05) is 31.1 Å². The Bertz CT molecular complexity index is 1160. The summed E-state index contributed by atoms with van der Waals surface area (Å²) in [6.07, 6.45) is 2.89. The lowest BCUT2D eigenvalue weighted by molar-refractivity contribution is -0.385. The standard InChI is InChI=1S/C24H28N6O6/c1-3-27(4-2)24(32)18-6-5-13-28(16-18)22-12-11-21(30(35)36)14-19(22)15-25-26-23(31)17-7-9-20(10-8-17)29(33)34/h7-12,14-15,18H,3-6,13,16H2,1-2H3,(H,26,31)/t18-/m0/s1. The Hall–Kier alpha value is -4.35. The lowest BCUT2D eigenvalue weighted by atomic mass is 9.95. The number of nitro benzene ring substituents is 2. The molecule has 1 N–H and O–H groups in total. The van der Waals surface area contributed by atoms with Gasteiger partial charge in [-0.15, -0.1) is 0 Å². The molecule has 0 aromatic heterocycles. The van der Waals surface area contributed by atoms with E-state index in [9.17, 15) is 29.8 Å². The summed E-state index contributed by atoms with van der Waals surface area (Å²) in [5, 5.41) is 26.1. The zero-order chi connectivity index (χ0) is 26.2. The van der Waals surface area contributed by atoms with E-state index in [1.165, 1.54) is 42.6 Å². The summed E-state index contributed by atoms with van der Waals surface area (Å²) in [7, 11) is 0. The van der Waals surface area contributed by atoms with E-state index < -0.39 is 15.8 Å². The zero-order valence-corrected chi connectivity index (χ0v) is 20.1. The summed E-state index contributed by atoms with van der Waals surface area (Å²) in [5.41, 5.74) is 3.34. The minimum Gasteiger partial charge on any atom is -0.370 e. The van der Waals surface area contributed by atoms with Crippen LogP contribution in [0, 0.1) is 26.1 Å². The monoisotopic (exact) mass is 496 g/mol. The number of carbonyl (C=O) groups is 2. The zero-order valence-electron chi connectivity index (χ0n) is 20.1. The molecule has 0 aliphatic carbocycles. The molecule has 2 amide bonds. The molecular weight excluding hydrogens is 468 g/mol. The normalized spacial score (nSPS) is 15.5. The number of hydrogen-bond acceptors (Lipinski definition) is 8. The topological polar surface area (TPSA) is 151 Å². The second-order valence-corrected chi connectivity index (χ2v) is 8.30. The Morgan fingerprint density at radius 2 is 1.72 bits per heavy atom. The second kappa shape index (κ2) is 11.9. The molecule has 1 heterocycles. The third-order valence-corrected chi connectivity index (χ3v) is 6.12. The predicted octanol–water partition coefficient (Wildman–Crippen LogP) is 3.35. The molecule has 190 valence electrons. The van der Waals surface area contributed by atoms with Crippen LogP contribution in [0.25, 0.3) is 0 Å². The van der Waals surface area contributed by atoms with Gasteiger partial charge in [0, 0.05) is 67.3 Å². The fraction of sp³-hybridized carbons (Fsp3) is 0.375. The number of nitrogens with one attached hydrogen (secondary N) is 1. The van der Waals surface area contributed by atoms with E-state index in [-0.39, 0.29) is 28.8 Å². The summed E-state index contributed by atoms with van der Waals surface area (Å²) in [6.45, 7) is 6.31. The number of piperidine rings is 1. The second-order valence-electron chi connectivity index (χ2n) is 8.30. The number of hydrazone groups is 1. The Balaban J connectivity index is 1.80. The maximum Gasteiger partial charge on any atom is 0.271 e. The van der Waals surface area contributed by atoms with Crippen molar-refractivity contribution < 1.29 is 19.4 Å². The molecule has 2 aromatic carbocycles. The van der Waals surface area contributed by atoms with Gasteiger partial charge in [0.15, 0.2) is 0 Å². The summed E-state index contributed by atoms with van der Waals surface area (Å²) >= 11 is 0. The van der Waals surface area contributed by atoms with E-state index in [0.717, 1.165) is 12.8 Å². The van der Waals surface area contributed by atoms with E-state index in [2.05, 4.69) is 10.5 Å². The minimum atomic E-state index is -0.587. The lowest BCUT2D eigenvalue weighted by Crippen LogP contribution is -2.45. The van der Waals surface area contributed by atoms with Gasteiger partial charge in [0.05, 0.1) is 22.0 Å². The van der Waals surface area contributed by atoms with Crippen molar-refractivity contribution >= 4 is 35.1 Å².